The molecule has 0 saturated heterocycles. The Morgan fingerprint density at radius 3 is 0.787 bits per heavy atom. The highest BCUT2D eigenvalue weighted by Crippen LogP contribution is 2.18. The maximum absolute atomic E-state index is 13.0. The maximum Gasteiger partial charge on any atom is 0.306 e. The lowest BCUT2D eigenvalue weighted by atomic mass is 10.0. The summed E-state index contributed by atoms with van der Waals surface area (Å²) < 4.78 is 17.0. The molecule has 0 fully saturated rings. The van der Waals surface area contributed by atoms with Crippen LogP contribution in [0.4, 0.5) is 0 Å². The predicted molar refractivity (Wildman–Crippen MR) is 348 cm³/mol. The summed E-state index contributed by atoms with van der Waals surface area (Å²) in [4.78, 5) is 38.4. The fraction of sp³-hybridized carbons (Fsp3) is 0.797. The largest absolute Gasteiger partial charge is 0.462 e. The van der Waals surface area contributed by atoms with Crippen molar-refractivity contribution in [3.8, 4) is 0 Å². The van der Waals surface area contributed by atoms with Crippen molar-refractivity contribution in [2.75, 3.05) is 13.2 Å². The number of allylic oxidation sites excluding steroid dienone is 12. The Balaban J connectivity index is 4.28. The van der Waals surface area contributed by atoms with E-state index in [4.69, 9.17) is 14.2 Å². The van der Waals surface area contributed by atoms with Crippen LogP contribution in [-0.4, -0.2) is 37.2 Å². The van der Waals surface area contributed by atoms with E-state index in [2.05, 4.69) is 93.7 Å². The highest BCUT2D eigenvalue weighted by Gasteiger charge is 2.19. The average Bonchev–Trinajstić information content (AvgIpc) is 3.46. The first-order valence-corrected chi connectivity index (χ1v) is 34.9. The Morgan fingerprint density at radius 1 is 0.263 bits per heavy atom. The monoisotopic (exact) mass is 1120 g/mol. The molecule has 6 nitrogen and oxygen atoms in total. The van der Waals surface area contributed by atoms with Gasteiger partial charge in [-0.05, 0) is 89.9 Å². The Kier molecular flexibility index (Phi) is 65.7. The summed E-state index contributed by atoms with van der Waals surface area (Å²) in [6.07, 6.45) is 89.3. The highest BCUT2D eigenvalue weighted by atomic mass is 16.6. The first-order valence-electron chi connectivity index (χ1n) is 34.9. The number of hydrogen-bond donors (Lipinski definition) is 0. The van der Waals surface area contributed by atoms with Gasteiger partial charge in [0.15, 0.2) is 6.10 Å². The summed E-state index contributed by atoms with van der Waals surface area (Å²) in [5, 5.41) is 0. The molecule has 0 N–H and O–H groups in total. The molecule has 80 heavy (non-hydrogen) atoms. The van der Waals surface area contributed by atoms with Crippen LogP contribution < -0.4 is 0 Å². The van der Waals surface area contributed by atoms with Crippen LogP contribution in [0.15, 0.2) is 72.9 Å². The number of ether oxygens (including phenoxy) is 3. The maximum atomic E-state index is 13.0. The van der Waals surface area contributed by atoms with Crippen LogP contribution in [0.25, 0.3) is 0 Å². The molecule has 1 atom stereocenters. The zero-order chi connectivity index (χ0) is 57.8. The van der Waals surface area contributed by atoms with Crippen molar-refractivity contribution >= 4 is 17.9 Å². The van der Waals surface area contributed by atoms with Crippen molar-refractivity contribution in [2.24, 2.45) is 0 Å². The van der Waals surface area contributed by atoms with Crippen LogP contribution in [0.2, 0.25) is 0 Å². The third kappa shape index (κ3) is 65.7. The summed E-state index contributed by atoms with van der Waals surface area (Å²) in [7, 11) is 0. The molecule has 0 rings (SSSR count). The number of rotatable bonds is 64. The van der Waals surface area contributed by atoms with Crippen LogP contribution in [-0.2, 0) is 28.6 Å². The zero-order valence-electron chi connectivity index (χ0n) is 53.3. The van der Waals surface area contributed by atoms with E-state index < -0.39 is 6.10 Å². The second-order valence-electron chi connectivity index (χ2n) is 23.4. The van der Waals surface area contributed by atoms with Crippen LogP contribution in [0, 0.1) is 0 Å². The third-order valence-electron chi connectivity index (χ3n) is 15.4. The molecule has 0 aromatic heterocycles. The number of carbonyl (C=O) groups excluding carboxylic acids is 3. The van der Waals surface area contributed by atoms with E-state index in [1.807, 2.05) is 0 Å². The molecule has 0 aliphatic carbocycles. The van der Waals surface area contributed by atoms with Gasteiger partial charge in [-0.1, -0.05) is 325 Å². The molecule has 0 aliphatic heterocycles. The van der Waals surface area contributed by atoms with Crippen molar-refractivity contribution < 1.29 is 28.6 Å². The Morgan fingerprint density at radius 2 is 0.487 bits per heavy atom. The minimum Gasteiger partial charge on any atom is -0.462 e. The summed E-state index contributed by atoms with van der Waals surface area (Å²) in [5.41, 5.74) is 0. The van der Waals surface area contributed by atoms with Gasteiger partial charge in [0.2, 0.25) is 0 Å². The summed E-state index contributed by atoms with van der Waals surface area (Å²) in [6, 6.07) is 0. The zero-order valence-corrected chi connectivity index (χ0v) is 53.3. The average molecular weight is 1120 g/mol. The molecular weight excluding hydrogens is 985 g/mol. The second kappa shape index (κ2) is 68.3. The fourth-order valence-corrected chi connectivity index (χ4v) is 10.2. The van der Waals surface area contributed by atoms with E-state index in [1.54, 1.807) is 0 Å². The van der Waals surface area contributed by atoms with Gasteiger partial charge in [-0.3, -0.25) is 14.4 Å². The molecule has 0 amide bonds. The smallest absolute Gasteiger partial charge is 0.306 e. The van der Waals surface area contributed by atoms with Gasteiger partial charge in [0, 0.05) is 19.3 Å². The van der Waals surface area contributed by atoms with Gasteiger partial charge in [0.1, 0.15) is 13.2 Å². The molecule has 6 heteroatoms. The molecule has 0 aromatic carbocycles. The minimum absolute atomic E-state index is 0.0778. The van der Waals surface area contributed by atoms with E-state index in [-0.39, 0.29) is 31.1 Å². The molecule has 0 saturated carbocycles. The van der Waals surface area contributed by atoms with E-state index in [0.29, 0.717) is 19.3 Å². The van der Waals surface area contributed by atoms with Gasteiger partial charge in [0.25, 0.3) is 0 Å². The van der Waals surface area contributed by atoms with Crippen molar-refractivity contribution in [2.45, 2.75) is 367 Å². The molecule has 0 aromatic rings. The van der Waals surface area contributed by atoms with E-state index in [1.165, 1.54) is 218 Å². The normalized spacial score (nSPS) is 12.5. The van der Waals surface area contributed by atoms with Gasteiger partial charge in [-0.15, -0.1) is 0 Å². The topological polar surface area (TPSA) is 78.9 Å². The number of hydrogen-bond acceptors (Lipinski definition) is 6. The molecule has 0 heterocycles. The number of esters is 3. The molecule has 464 valence electrons. The van der Waals surface area contributed by atoms with E-state index in [9.17, 15) is 14.4 Å². The van der Waals surface area contributed by atoms with Crippen molar-refractivity contribution in [3.63, 3.8) is 0 Å². The number of carbonyl (C=O) groups is 3. The van der Waals surface area contributed by atoms with Gasteiger partial charge in [-0.25, -0.2) is 0 Å². The quantitative estimate of drug-likeness (QED) is 0.0261. The molecule has 0 radical (unpaired) electrons. The van der Waals surface area contributed by atoms with Crippen LogP contribution >= 0.6 is 0 Å². The molecule has 0 aliphatic rings. The lowest BCUT2D eigenvalue weighted by molar-refractivity contribution is -0.167. The standard InChI is InChI=1S/C74H132O6/c1-4-7-10-13-16-19-22-25-27-29-31-33-35-37-39-40-42-44-46-49-52-55-58-61-64-67-73(76)79-70-71(69-78-72(75)66-63-60-57-54-51-48-24-21-18-15-12-9-6-3)80-74(77)68-65-62-59-56-53-50-47-45-43-41-38-36-34-32-30-28-26-23-20-17-14-11-8-5-2/h7,10,16,19,21,24-25,27,31,33,37,39,71H,4-6,8-9,11-15,17-18,20,22-23,26,28-30,32,34-36,38,40-70H2,1-3H3/b10-7-,19-16-,24-21-,27-25-,33-31-,39-37-. The minimum atomic E-state index is -0.781. The van der Waals surface area contributed by atoms with Crippen LogP contribution in [0.1, 0.15) is 361 Å². The van der Waals surface area contributed by atoms with Crippen LogP contribution in [0.5, 0.6) is 0 Å². The lowest BCUT2D eigenvalue weighted by Gasteiger charge is -2.18. The van der Waals surface area contributed by atoms with Crippen molar-refractivity contribution in [3.05, 3.63) is 72.9 Å². The summed E-state index contributed by atoms with van der Waals surface area (Å²) in [6.45, 7) is 6.56. The number of unbranched alkanes of at least 4 members (excludes halogenated alkanes) is 41. The van der Waals surface area contributed by atoms with Crippen molar-refractivity contribution in [1.82, 2.24) is 0 Å². The Hall–Kier alpha value is -3.15. The van der Waals surface area contributed by atoms with Crippen molar-refractivity contribution in [1.29, 1.82) is 0 Å². The predicted octanol–water partition coefficient (Wildman–Crippen LogP) is 24.1. The van der Waals surface area contributed by atoms with Gasteiger partial charge in [-0.2, -0.15) is 0 Å². The lowest BCUT2D eigenvalue weighted by Crippen LogP contribution is -2.30. The van der Waals surface area contributed by atoms with Gasteiger partial charge < -0.3 is 14.2 Å². The fourth-order valence-electron chi connectivity index (χ4n) is 10.2. The van der Waals surface area contributed by atoms with E-state index in [0.717, 1.165) is 103 Å². The summed E-state index contributed by atoms with van der Waals surface area (Å²) >= 11 is 0. The summed E-state index contributed by atoms with van der Waals surface area (Å²) in [5.74, 6) is -0.871. The first-order chi connectivity index (χ1) is 39.5. The highest BCUT2D eigenvalue weighted by molar-refractivity contribution is 5.71. The third-order valence-corrected chi connectivity index (χ3v) is 15.4. The van der Waals surface area contributed by atoms with Gasteiger partial charge >= 0.3 is 17.9 Å². The molecule has 1 unspecified atom stereocenters. The molecule has 0 spiro atoms. The Bertz CT molecular complexity index is 1470. The first kappa shape index (κ1) is 76.9. The Labute approximate surface area is 497 Å². The molecular formula is C74H132O6. The SMILES string of the molecule is CC/C=C\C/C=C\C/C=C\C/C=C\C/C=C\CCCCCCCCCCCC(=O)OCC(COC(=O)CCCCCCC/C=C\CCCCCC)OC(=O)CCCCCCCCCCCCCCCCCCCCCCCCCC. The van der Waals surface area contributed by atoms with Gasteiger partial charge in [0.05, 0.1) is 0 Å². The van der Waals surface area contributed by atoms with Crippen LogP contribution in [0.3, 0.4) is 0 Å². The molecule has 0 bridgehead atoms. The second-order valence-corrected chi connectivity index (χ2v) is 23.4. The van der Waals surface area contributed by atoms with E-state index >= 15 is 0 Å².